The van der Waals surface area contributed by atoms with E-state index in [9.17, 15) is 10.5 Å². The van der Waals surface area contributed by atoms with Crippen LogP contribution in [-0.4, -0.2) is 13.4 Å². The highest BCUT2D eigenvalue weighted by Crippen LogP contribution is 2.53. The third-order valence-electron chi connectivity index (χ3n) is 16.0. The molecule has 0 fully saturated rings. The van der Waals surface area contributed by atoms with Gasteiger partial charge in [0.15, 0.2) is 11.4 Å². The molecule has 10 aromatic rings. The van der Waals surface area contributed by atoms with Crippen LogP contribution in [0.1, 0.15) is 63.8 Å². The van der Waals surface area contributed by atoms with Crippen molar-refractivity contribution in [2.24, 2.45) is 0 Å². The van der Waals surface area contributed by atoms with E-state index in [2.05, 4.69) is 152 Å². The standard InChI is InChI=1S/C64H42B2N6/c1-63(2,3)47-29-41-43-23-36(34-68)25-55-61(43)66(50-22-20-37(69-7)27-54(50)72(55)40-17-13-10-14-18-40)51-31-46-48(64(4,5)6)30-42-44-26-38(70-8)28-56-62(44)65(52-32-45(47)59(57(41)51)60(46)58(42)52)49-21-19-35(33-67)24-53(49)71(56)39-15-11-9-12-16-39/h9-32H,1-6H3. The molecule has 10 aromatic carbocycles. The number of nitriles is 2. The number of fused-ring (bicyclic) bond motifs is 8. The Balaban J connectivity index is 1.20. The maximum absolute atomic E-state index is 10.9. The van der Waals surface area contributed by atoms with E-state index >= 15 is 0 Å². The van der Waals surface area contributed by atoms with Crippen molar-refractivity contribution in [3.05, 3.63) is 191 Å². The number of hydrogen-bond acceptors (Lipinski definition) is 4. The molecule has 4 heterocycles. The van der Waals surface area contributed by atoms with Gasteiger partial charge in [-0.2, -0.15) is 10.5 Å². The van der Waals surface area contributed by atoms with Crippen LogP contribution in [0, 0.1) is 35.8 Å². The summed E-state index contributed by atoms with van der Waals surface area (Å²) in [4.78, 5) is 12.6. The summed E-state index contributed by atoms with van der Waals surface area (Å²) in [6, 6.07) is 56.2. The summed E-state index contributed by atoms with van der Waals surface area (Å²) in [7, 11) is 0. The maximum atomic E-state index is 10.9. The summed E-state index contributed by atoms with van der Waals surface area (Å²) in [6.07, 6.45) is 0. The molecule has 0 spiro atoms. The Morgan fingerprint density at radius 2 is 0.889 bits per heavy atom. The summed E-state index contributed by atoms with van der Waals surface area (Å²) >= 11 is 0. The van der Waals surface area contributed by atoms with Crippen molar-refractivity contribution in [2.45, 2.75) is 52.4 Å². The number of anilines is 6. The summed E-state index contributed by atoms with van der Waals surface area (Å²) < 4.78 is 0. The molecule has 0 amide bonds. The van der Waals surface area contributed by atoms with Gasteiger partial charge in [0.25, 0.3) is 0 Å². The Hall–Kier alpha value is -9.07. The molecule has 6 nitrogen and oxygen atoms in total. The fourth-order valence-corrected chi connectivity index (χ4v) is 13.2. The second-order valence-corrected chi connectivity index (χ2v) is 22.0. The van der Waals surface area contributed by atoms with Crippen LogP contribution in [0.3, 0.4) is 0 Å². The van der Waals surface area contributed by atoms with Crippen LogP contribution in [0.5, 0.6) is 0 Å². The van der Waals surface area contributed by atoms with Gasteiger partial charge >= 0.3 is 0 Å². The van der Waals surface area contributed by atoms with Gasteiger partial charge in [-0.15, -0.1) is 0 Å². The van der Waals surface area contributed by atoms with Gasteiger partial charge in [-0.1, -0.05) is 119 Å². The van der Waals surface area contributed by atoms with Crippen molar-refractivity contribution >= 4 is 124 Å². The summed E-state index contributed by atoms with van der Waals surface area (Å²) in [5, 5.41) is 28.6. The molecule has 8 heteroatoms. The lowest BCUT2D eigenvalue weighted by Crippen LogP contribution is -2.60. The minimum absolute atomic E-state index is 0.204. The van der Waals surface area contributed by atoms with E-state index in [1.807, 2.05) is 66.7 Å². The smallest absolute Gasteiger partial charge is 0.248 e. The quantitative estimate of drug-likeness (QED) is 0.0985. The first-order chi connectivity index (χ1) is 34.8. The van der Waals surface area contributed by atoms with E-state index in [1.165, 1.54) is 59.8 Å². The van der Waals surface area contributed by atoms with Crippen LogP contribution < -0.4 is 42.6 Å². The monoisotopic (exact) mass is 916 g/mol. The highest BCUT2D eigenvalue weighted by molar-refractivity contribution is 7.02. The highest BCUT2D eigenvalue weighted by Gasteiger charge is 2.46. The molecule has 0 unspecified atom stereocenters. The largest absolute Gasteiger partial charge is 0.313 e. The number of benzene rings is 10. The Bertz CT molecular complexity index is 4030. The molecule has 4 aliphatic heterocycles. The van der Waals surface area contributed by atoms with E-state index in [-0.39, 0.29) is 24.3 Å². The molecule has 0 N–H and O–H groups in total. The summed E-state index contributed by atoms with van der Waals surface area (Å²) in [6.45, 7) is 30.2. The van der Waals surface area contributed by atoms with E-state index < -0.39 is 0 Å². The van der Waals surface area contributed by atoms with Crippen LogP contribution in [0.25, 0.3) is 64.3 Å². The van der Waals surface area contributed by atoms with E-state index in [0.29, 0.717) is 22.5 Å². The van der Waals surface area contributed by atoms with Gasteiger partial charge in [-0.25, -0.2) is 9.69 Å². The molecule has 0 saturated heterocycles. The second-order valence-electron chi connectivity index (χ2n) is 22.0. The lowest BCUT2D eigenvalue weighted by Gasteiger charge is -2.43. The van der Waals surface area contributed by atoms with Gasteiger partial charge < -0.3 is 9.80 Å². The molecule has 4 aliphatic rings. The first-order valence-electron chi connectivity index (χ1n) is 24.6. The molecule has 0 bridgehead atoms. The lowest BCUT2D eigenvalue weighted by molar-refractivity contribution is 0.595. The van der Waals surface area contributed by atoms with Crippen molar-refractivity contribution < 1.29 is 0 Å². The second kappa shape index (κ2) is 14.3. The van der Waals surface area contributed by atoms with Gasteiger partial charge in [-0.05, 0) is 177 Å². The van der Waals surface area contributed by atoms with Gasteiger partial charge in [0.05, 0.1) is 36.4 Å². The first-order valence-corrected chi connectivity index (χ1v) is 24.6. The first kappa shape index (κ1) is 41.9. The minimum atomic E-state index is -0.303. The lowest BCUT2D eigenvalue weighted by atomic mass is 9.31. The zero-order valence-electron chi connectivity index (χ0n) is 40.7. The average molecular weight is 917 g/mol. The van der Waals surface area contributed by atoms with Gasteiger partial charge in [0, 0.05) is 34.1 Å². The normalized spacial score (nSPS) is 13.5. The van der Waals surface area contributed by atoms with Crippen LogP contribution in [0.4, 0.5) is 45.5 Å². The molecule has 0 aliphatic carbocycles. The Morgan fingerprint density at radius 3 is 1.39 bits per heavy atom. The van der Waals surface area contributed by atoms with Crippen LogP contribution in [0.15, 0.2) is 146 Å². The fourth-order valence-electron chi connectivity index (χ4n) is 13.2. The maximum Gasteiger partial charge on any atom is 0.248 e. The summed E-state index contributed by atoms with van der Waals surface area (Å²) in [5.74, 6) is 0. The molecule has 0 saturated carbocycles. The average Bonchev–Trinajstić information content (AvgIpc) is 3.39. The Morgan fingerprint density at radius 1 is 0.431 bits per heavy atom. The van der Waals surface area contributed by atoms with E-state index in [4.69, 9.17) is 13.1 Å². The van der Waals surface area contributed by atoms with Crippen LogP contribution in [0.2, 0.25) is 0 Å². The van der Waals surface area contributed by atoms with Gasteiger partial charge in [0.1, 0.15) is 0 Å². The third kappa shape index (κ3) is 5.42. The molecular formula is C64H42B2N6. The SMILES string of the molecule is [C-]#[N+]c1ccc2c(c1)N(c1ccccc1)c1cc(C#N)cc3c1B2c1cc2c(C(C)(C)C)cc4c5c(cc6c(C(C)(C)C)cc-3c1c6c25)B1c2ccc(C#N)cc2N(c2ccccc2)c2cc([N+]#[C-])cc-4c21. The van der Waals surface area contributed by atoms with Gasteiger partial charge in [0.2, 0.25) is 13.4 Å². The third-order valence-corrected chi connectivity index (χ3v) is 16.0. The fraction of sp³-hybridized carbons (Fsp3) is 0.125. The molecule has 72 heavy (non-hydrogen) atoms. The van der Waals surface area contributed by atoms with Crippen molar-refractivity contribution in [1.82, 2.24) is 0 Å². The predicted molar refractivity (Wildman–Crippen MR) is 299 cm³/mol. The van der Waals surface area contributed by atoms with Crippen molar-refractivity contribution in [3.8, 4) is 34.4 Å². The number of hydrogen-bond donors (Lipinski definition) is 0. The molecule has 0 radical (unpaired) electrons. The molecule has 0 aromatic heterocycles. The molecule has 334 valence electrons. The number of rotatable bonds is 2. The Labute approximate surface area is 419 Å². The van der Waals surface area contributed by atoms with Crippen molar-refractivity contribution in [3.63, 3.8) is 0 Å². The zero-order chi connectivity index (χ0) is 49.3. The van der Waals surface area contributed by atoms with Crippen LogP contribution in [-0.2, 0) is 10.8 Å². The molecular weight excluding hydrogens is 874 g/mol. The molecule has 0 atom stereocenters. The highest BCUT2D eigenvalue weighted by atomic mass is 15.2. The van der Waals surface area contributed by atoms with Gasteiger partial charge in [-0.3, -0.25) is 0 Å². The number of para-hydroxylation sites is 2. The predicted octanol–water partition coefficient (Wildman–Crippen LogP) is 12.6. The van der Waals surface area contributed by atoms with E-state index in [0.717, 1.165) is 72.8 Å². The zero-order valence-corrected chi connectivity index (χ0v) is 40.7. The van der Waals surface area contributed by atoms with Crippen LogP contribution >= 0.6 is 0 Å². The minimum Gasteiger partial charge on any atom is -0.313 e. The number of nitrogens with zero attached hydrogens (tertiary/aromatic N) is 6. The van der Waals surface area contributed by atoms with Crippen molar-refractivity contribution in [1.29, 1.82) is 10.5 Å². The molecule has 14 rings (SSSR count). The van der Waals surface area contributed by atoms with E-state index in [1.54, 1.807) is 0 Å². The summed E-state index contributed by atoms with van der Waals surface area (Å²) in [5.41, 5.74) is 21.2. The Kier molecular flexibility index (Phi) is 8.30. The van der Waals surface area contributed by atoms with Crippen molar-refractivity contribution in [2.75, 3.05) is 9.80 Å². The topological polar surface area (TPSA) is 62.8 Å².